The Morgan fingerprint density at radius 1 is 1.21 bits per heavy atom. The quantitative estimate of drug-likeness (QED) is 0.498. The molecular formula is C25H35N3O5S. The summed E-state index contributed by atoms with van der Waals surface area (Å²) in [5.41, 5.74) is 7.20. The number of nitrogens with zero attached hydrogens (tertiary/aromatic N) is 1. The number of ether oxygens (including phenoxy) is 1. The standard InChI is InChI=1S/C25H35N3O5S/c1-15-12-18(29)13-16(2)20(15)14-21(27-24(32)33-25(4,5)6)23(31)28(17(3)22(26)30)10-9-19-8-7-11-34-19/h7-8,11-13,17,21,29H,9-10,14H2,1-6H3,(H2,26,30)(H,27,32)/t17-,21+/m1/s1. The van der Waals surface area contributed by atoms with Crippen LogP contribution in [0.2, 0.25) is 0 Å². The molecule has 9 heteroatoms. The molecule has 0 aliphatic carbocycles. The average molecular weight is 490 g/mol. The maximum Gasteiger partial charge on any atom is 0.408 e. The Bertz CT molecular complexity index is 991. The Hall–Kier alpha value is -3.07. The predicted octanol–water partition coefficient (Wildman–Crippen LogP) is 3.45. The van der Waals surface area contributed by atoms with Crippen LogP contribution in [0, 0.1) is 13.8 Å². The monoisotopic (exact) mass is 489 g/mol. The highest BCUT2D eigenvalue weighted by Gasteiger charge is 2.33. The van der Waals surface area contributed by atoms with E-state index in [1.807, 2.05) is 31.4 Å². The zero-order valence-electron chi connectivity index (χ0n) is 20.7. The maximum absolute atomic E-state index is 13.7. The van der Waals surface area contributed by atoms with Crippen LogP contribution in [-0.4, -0.2) is 52.1 Å². The minimum atomic E-state index is -0.998. The predicted molar refractivity (Wildman–Crippen MR) is 133 cm³/mol. The molecule has 1 aromatic carbocycles. The molecule has 0 bridgehead atoms. The smallest absolute Gasteiger partial charge is 0.408 e. The Morgan fingerprint density at radius 2 is 1.82 bits per heavy atom. The average Bonchev–Trinajstić information content (AvgIpc) is 3.21. The number of carbonyl (C=O) groups is 3. The van der Waals surface area contributed by atoms with E-state index in [9.17, 15) is 19.5 Å². The normalized spacial score (nSPS) is 13.1. The van der Waals surface area contributed by atoms with E-state index in [2.05, 4.69) is 5.32 Å². The fraction of sp³-hybridized carbons (Fsp3) is 0.480. The first kappa shape index (κ1) is 27.2. The lowest BCUT2D eigenvalue weighted by molar-refractivity contribution is -0.140. The largest absolute Gasteiger partial charge is 0.508 e. The third-order valence-electron chi connectivity index (χ3n) is 5.42. The summed E-state index contributed by atoms with van der Waals surface area (Å²) in [4.78, 5) is 40.9. The number of nitrogens with one attached hydrogen (secondary N) is 1. The number of aryl methyl sites for hydroxylation is 2. The minimum Gasteiger partial charge on any atom is -0.508 e. The van der Waals surface area contributed by atoms with E-state index in [1.165, 1.54) is 4.90 Å². The molecule has 0 spiro atoms. The number of thiophene rings is 1. The van der Waals surface area contributed by atoms with Crippen LogP contribution >= 0.6 is 11.3 Å². The number of amides is 3. The Morgan fingerprint density at radius 3 is 2.32 bits per heavy atom. The molecule has 1 aromatic heterocycles. The van der Waals surface area contributed by atoms with E-state index >= 15 is 0 Å². The summed E-state index contributed by atoms with van der Waals surface area (Å²) >= 11 is 1.56. The summed E-state index contributed by atoms with van der Waals surface area (Å²) in [5, 5.41) is 14.5. The molecule has 0 fully saturated rings. The first-order valence-corrected chi connectivity index (χ1v) is 12.1. The van der Waals surface area contributed by atoms with Gasteiger partial charge in [-0.1, -0.05) is 6.07 Å². The molecule has 2 aromatic rings. The fourth-order valence-electron chi connectivity index (χ4n) is 3.68. The van der Waals surface area contributed by atoms with Crippen molar-refractivity contribution in [2.24, 2.45) is 5.73 Å². The molecule has 0 radical (unpaired) electrons. The number of carbonyl (C=O) groups excluding carboxylic acids is 3. The highest BCUT2D eigenvalue weighted by Crippen LogP contribution is 2.23. The van der Waals surface area contributed by atoms with Gasteiger partial charge in [-0.05, 0) is 88.2 Å². The summed E-state index contributed by atoms with van der Waals surface area (Å²) in [5.74, 6) is -0.935. The lowest BCUT2D eigenvalue weighted by atomic mass is 9.95. The van der Waals surface area contributed by atoms with E-state index in [0.29, 0.717) is 6.42 Å². The van der Waals surface area contributed by atoms with Crippen molar-refractivity contribution in [2.45, 2.75) is 72.1 Å². The van der Waals surface area contributed by atoms with Gasteiger partial charge < -0.3 is 25.8 Å². The number of hydrogen-bond donors (Lipinski definition) is 3. The molecule has 0 aliphatic heterocycles. The molecule has 2 rings (SSSR count). The van der Waals surface area contributed by atoms with Gasteiger partial charge in [0.15, 0.2) is 0 Å². The van der Waals surface area contributed by atoms with Crippen LogP contribution in [-0.2, 0) is 27.2 Å². The zero-order chi connectivity index (χ0) is 25.6. The lowest BCUT2D eigenvalue weighted by Crippen LogP contribution is -2.56. The third kappa shape index (κ3) is 7.76. The van der Waals surface area contributed by atoms with Gasteiger partial charge in [0.05, 0.1) is 0 Å². The van der Waals surface area contributed by atoms with Crippen LogP contribution in [0.1, 0.15) is 49.3 Å². The van der Waals surface area contributed by atoms with E-state index in [0.717, 1.165) is 21.6 Å². The minimum absolute atomic E-state index is 0.127. The van der Waals surface area contributed by atoms with Gasteiger partial charge in [-0.2, -0.15) is 0 Å². The van der Waals surface area contributed by atoms with E-state index in [4.69, 9.17) is 10.5 Å². The number of alkyl carbamates (subject to hydrolysis) is 1. The summed E-state index contributed by atoms with van der Waals surface area (Å²) < 4.78 is 5.39. The Labute approximate surface area is 205 Å². The molecule has 0 saturated carbocycles. The second-order valence-corrected chi connectivity index (χ2v) is 10.4. The van der Waals surface area contributed by atoms with Crippen molar-refractivity contribution in [3.05, 3.63) is 51.2 Å². The van der Waals surface area contributed by atoms with Crippen LogP contribution in [0.3, 0.4) is 0 Å². The number of primary amides is 1. The fourth-order valence-corrected chi connectivity index (χ4v) is 4.38. The first-order valence-electron chi connectivity index (χ1n) is 11.2. The summed E-state index contributed by atoms with van der Waals surface area (Å²) in [6, 6.07) is 5.24. The Kier molecular flexibility index (Phi) is 9.09. The third-order valence-corrected chi connectivity index (χ3v) is 6.36. The van der Waals surface area contributed by atoms with Gasteiger partial charge in [-0.3, -0.25) is 9.59 Å². The van der Waals surface area contributed by atoms with Gasteiger partial charge in [-0.25, -0.2) is 4.79 Å². The lowest BCUT2D eigenvalue weighted by Gasteiger charge is -2.32. The summed E-state index contributed by atoms with van der Waals surface area (Å²) in [6.45, 7) is 10.7. The molecule has 0 aliphatic rings. The SMILES string of the molecule is Cc1cc(O)cc(C)c1C[C@H](NC(=O)OC(C)(C)C)C(=O)N(CCc1cccs1)[C@H](C)C(N)=O. The molecule has 1 heterocycles. The van der Waals surface area contributed by atoms with Gasteiger partial charge in [0.2, 0.25) is 11.8 Å². The van der Waals surface area contributed by atoms with Crippen molar-refractivity contribution in [3.8, 4) is 5.75 Å². The highest BCUT2D eigenvalue weighted by molar-refractivity contribution is 7.09. The van der Waals surface area contributed by atoms with E-state index in [1.54, 1.807) is 51.2 Å². The number of benzene rings is 1. The van der Waals surface area contributed by atoms with Crippen LogP contribution in [0.15, 0.2) is 29.6 Å². The topological polar surface area (TPSA) is 122 Å². The van der Waals surface area contributed by atoms with Gasteiger partial charge >= 0.3 is 6.09 Å². The van der Waals surface area contributed by atoms with Gasteiger partial charge in [0, 0.05) is 17.8 Å². The highest BCUT2D eigenvalue weighted by atomic mass is 32.1. The van der Waals surface area contributed by atoms with E-state index < -0.39 is 35.6 Å². The molecule has 3 amide bonds. The number of aromatic hydroxyl groups is 1. The second-order valence-electron chi connectivity index (χ2n) is 9.40. The Balaban J connectivity index is 2.38. The van der Waals surface area contributed by atoms with Crippen LogP contribution in [0.5, 0.6) is 5.75 Å². The van der Waals surface area contributed by atoms with Crippen molar-refractivity contribution in [2.75, 3.05) is 6.54 Å². The van der Waals surface area contributed by atoms with Crippen molar-refractivity contribution in [1.82, 2.24) is 10.2 Å². The number of hydrogen-bond acceptors (Lipinski definition) is 6. The second kappa shape index (κ2) is 11.4. The van der Waals surface area contributed by atoms with Crippen LogP contribution < -0.4 is 11.1 Å². The van der Waals surface area contributed by atoms with Crippen molar-refractivity contribution >= 4 is 29.2 Å². The molecule has 4 N–H and O–H groups in total. The van der Waals surface area contributed by atoms with Gasteiger partial charge in [0.1, 0.15) is 23.4 Å². The molecule has 0 saturated heterocycles. The number of phenols is 1. The van der Waals surface area contributed by atoms with E-state index in [-0.39, 0.29) is 18.7 Å². The first-order chi connectivity index (χ1) is 15.8. The van der Waals surface area contributed by atoms with Gasteiger partial charge in [-0.15, -0.1) is 11.3 Å². The molecule has 8 nitrogen and oxygen atoms in total. The zero-order valence-corrected chi connectivity index (χ0v) is 21.5. The number of nitrogens with two attached hydrogens (primary N) is 1. The van der Waals surface area contributed by atoms with Crippen molar-refractivity contribution in [1.29, 1.82) is 0 Å². The summed E-state index contributed by atoms with van der Waals surface area (Å²) in [7, 11) is 0. The van der Waals surface area contributed by atoms with Crippen LogP contribution in [0.4, 0.5) is 4.79 Å². The van der Waals surface area contributed by atoms with Crippen LogP contribution in [0.25, 0.3) is 0 Å². The molecule has 186 valence electrons. The molecular weight excluding hydrogens is 454 g/mol. The summed E-state index contributed by atoms with van der Waals surface area (Å²) in [6.07, 6.45) is -0.0149. The van der Waals surface area contributed by atoms with Crippen molar-refractivity contribution in [3.63, 3.8) is 0 Å². The number of rotatable bonds is 9. The van der Waals surface area contributed by atoms with Gasteiger partial charge in [0.25, 0.3) is 0 Å². The number of phenolic OH excluding ortho intramolecular Hbond substituents is 1. The molecule has 0 unspecified atom stereocenters. The molecule has 34 heavy (non-hydrogen) atoms. The van der Waals surface area contributed by atoms with Crippen molar-refractivity contribution < 1.29 is 24.2 Å². The molecule has 2 atom stereocenters. The maximum atomic E-state index is 13.7.